The summed E-state index contributed by atoms with van der Waals surface area (Å²) in [4.78, 5) is 25.8. The van der Waals surface area contributed by atoms with Crippen LogP contribution in [0.15, 0.2) is 29.2 Å². The van der Waals surface area contributed by atoms with Gasteiger partial charge in [-0.25, -0.2) is 4.79 Å². The molecule has 1 heterocycles. The highest BCUT2D eigenvalue weighted by molar-refractivity contribution is 7.98. The molecule has 0 spiro atoms. The molecular formula is C12H14N2O2S. The van der Waals surface area contributed by atoms with Gasteiger partial charge in [0.15, 0.2) is 0 Å². The van der Waals surface area contributed by atoms with Crippen molar-refractivity contribution >= 4 is 29.4 Å². The van der Waals surface area contributed by atoms with E-state index in [1.165, 1.54) is 0 Å². The summed E-state index contributed by atoms with van der Waals surface area (Å²) in [5, 5.41) is 2.37. The SMILES string of the molecule is CSc1ccccc1N1CC(C)C(=O)NC1=O. The van der Waals surface area contributed by atoms with E-state index in [4.69, 9.17) is 0 Å². The number of hydrogen-bond donors (Lipinski definition) is 1. The fraction of sp³-hybridized carbons (Fsp3) is 0.333. The van der Waals surface area contributed by atoms with Gasteiger partial charge in [-0.3, -0.25) is 15.0 Å². The quantitative estimate of drug-likeness (QED) is 0.818. The Balaban J connectivity index is 2.33. The number of imide groups is 1. The van der Waals surface area contributed by atoms with Crippen LogP contribution in [-0.2, 0) is 4.79 Å². The van der Waals surface area contributed by atoms with E-state index in [9.17, 15) is 9.59 Å². The molecule has 1 aromatic rings. The lowest BCUT2D eigenvalue weighted by Gasteiger charge is -2.31. The molecule has 5 heteroatoms. The standard InChI is InChI=1S/C12H14N2O2S/c1-8-7-14(12(16)13-11(8)15)9-5-3-4-6-10(9)17-2/h3-6,8H,7H2,1-2H3,(H,13,15,16). The lowest BCUT2D eigenvalue weighted by Crippen LogP contribution is -2.54. The van der Waals surface area contributed by atoms with Gasteiger partial charge < -0.3 is 0 Å². The molecule has 90 valence electrons. The molecule has 1 aliphatic heterocycles. The molecule has 1 fully saturated rings. The van der Waals surface area contributed by atoms with Crippen molar-refractivity contribution in [2.45, 2.75) is 11.8 Å². The molecule has 3 amide bonds. The predicted octanol–water partition coefficient (Wildman–Crippen LogP) is 2.10. The molecule has 17 heavy (non-hydrogen) atoms. The fourth-order valence-corrected chi connectivity index (χ4v) is 2.40. The summed E-state index contributed by atoms with van der Waals surface area (Å²) in [5.74, 6) is -0.379. The van der Waals surface area contributed by atoms with Crippen LogP contribution in [0.1, 0.15) is 6.92 Å². The van der Waals surface area contributed by atoms with E-state index in [2.05, 4.69) is 5.32 Å². The molecule has 2 rings (SSSR count). The zero-order valence-electron chi connectivity index (χ0n) is 9.77. The normalized spacial score (nSPS) is 20.4. The first-order valence-corrected chi connectivity index (χ1v) is 6.61. The highest BCUT2D eigenvalue weighted by atomic mass is 32.2. The van der Waals surface area contributed by atoms with Crippen LogP contribution in [0.2, 0.25) is 0 Å². The number of amides is 3. The Labute approximate surface area is 104 Å². The van der Waals surface area contributed by atoms with Crippen LogP contribution in [-0.4, -0.2) is 24.7 Å². The van der Waals surface area contributed by atoms with Gasteiger partial charge in [-0.1, -0.05) is 19.1 Å². The number of thioether (sulfide) groups is 1. The van der Waals surface area contributed by atoms with E-state index in [0.717, 1.165) is 10.6 Å². The lowest BCUT2D eigenvalue weighted by atomic mass is 10.1. The number of nitrogens with zero attached hydrogens (tertiary/aromatic N) is 1. The maximum absolute atomic E-state index is 11.8. The summed E-state index contributed by atoms with van der Waals surface area (Å²) in [6, 6.07) is 7.35. The molecule has 0 radical (unpaired) electrons. The lowest BCUT2D eigenvalue weighted by molar-refractivity contribution is -0.123. The summed E-state index contributed by atoms with van der Waals surface area (Å²) in [5.41, 5.74) is 0.858. The third kappa shape index (κ3) is 2.29. The number of urea groups is 1. The Morgan fingerprint density at radius 3 is 2.76 bits per heavy atom. The Morgan fingerprint density at radius 2 is 2.06 bits per heavy atom. The van der Waals surface area contributed by atoms with Crippen molar-refractivity contribution in [1.29, 1.82) is 0 Å². The molecule has 1 unspecified atom stereocenters. The summed E-state index contributed by atoms with van der Waals surface area (Å²) < 4.78 is 0. The van der Waals surface area contributed by atoms with Crippen LogP contribution in [0.5, 0.6) is 0 Å². The molecule has 0 bridgehead atoms. The maximum atomic E-state index is 11.8. The zero-order chi connectivity index (χ0) is 12.4. The van der Waals surface area contributed by atoms with Gasteiger partial charge in [0.2, 0.25) is 5.91 Å². The highest BCUT2D eigenvalue weighted by Gasteiger charge is 2.30. The summed E-state index contributed by atoms with van der Waals surface area (Å²) in [6.45, 7) is 2.25. The van der Waals surface area contributed by atoms with Crippen LogP contribution < -0.4 is 10.2 Å². The minimum atomic E-state index is -0.338. The zero-order valence-corrected chi connectivity index (χ0v) is 10.6. The average Bonchev–Trinajstić information content (AvgIpc) is 2.34. The van der Waals surface area contributed by atoms with Crippen LogP contribution in [0.3, 0.4) is 0 Å². The molecule has 0 aliphatic carbocycles. The van der Waals surface area contributed by atoms with Crippen molar-refractivity contribution in [3.05, 3.63) is 24.3 Å². The summed E-state index contributed by atoms with van der Waals surface area (Å²) in [7, 11) is 0. The molecular weight excluding hydrogens is 236 g/mol. The van der Waals surface area contributed by atoms with Gasteiger partial charge in [0, 0.05) is 11.4 Å². The molecule has 0 saturated carbocycles. The van der Waals surface area contributed by atoms with Gasteiger partial charge in [-0.2, -0.15) is 0 Å². The first-order valence-electron chi connectivity index (χ1n) is 5.39. The summed E-state index contributed by atoms with van der Waals surface area (Å²) >= 11 is 1.59. The molecule has 1 aliphatic rings. The number of benzene rings is 1. The number of hydrogen-bond acceptors (Lipinski definition) is 3. The van der Waals surface area contributed by atoms with E-state index >= 15 is 0 Å². The first kappa shape index (κ1) is 12.0. The number of anilines is 1. The Morgan fingerprint density at radius 1 is 1.35 bits per heavy atom. The number of nitrogens with one attached hydrogen (secondary N) is 1. The molecule has 4 nitrogen and oxygen atoms in total. The van der Waals surface area contributed by atoms with Gasteiger partial charge in [0.1, 0.15) is 0 Å². The van der Waals surface area contributed by atoms with Crippen LogP contribution in [0, 0.1) is 5.92 Å². The Bertz CT molecular complexity index is 462. The second-order valence-electron chi connectivity index (χ2n) is 3.98. The van der Waals surface area contributed by atoms with Gasteiger partial charge >= 0.3 is 6.03 Å². The Hall–Kier alpha value is -1.49. The van der Waals surface area contributed by atoms with Gasteiger partial charge in [0.05, 0.1) is 11.6 Å². The van der Waals surface area contributed by atoms with Crippen molar-refractivity contribution in [2.75, 3.05) is 17.7 Å². The van der Waals surface area contributed by atoms with Gasteiger partial charge in [-0.15, -0.1) is 11.8 Å². The highest BCUT2D eigenvalue weighted by Crippen LogP contribution is 2.29. The molecule has 0 aromatic heterocycles. The number of para-hydroxylation sites is 1. The average molecular weight is 250 g/mol. The number of rotatable bonds is 2. The van der Waals surface area contributed by atoms with Crippen LogP contribution in [0.25, 0.3) is 0 Å². The largest absolute Gasteiger partial charge is 0.328 e. The predicted molar refractivity (Wildman–Crippen MR) is 68.3 cm³/mol. The van der Waals surface area contributed by atoms with E-state index in [0.29, 0.717) is 6.54 Å². The second-order valence-corrected chi connectivity index (χ2v) is 4.83. The third-order valence-corrected chi connectivity index (χ3v) is 3.54. The van der Waals surface area contributed by atoms with E-state index in [1.54, 1.807) is 16.7 Å². The van der Waals surface area contributed by atoms with E-state index in [-0.39, 0.29) is 17.9 Å². The second kappa shape index (κ2) is 4.79. The van der Waals surface area contributed by atoms with Gasteiger partial charge in [0.25, 0.3) is 0 Å². The van der Waals surface area contributed by atoms with Gasteiger partial charge in [-0.05, 0) is 18.4 Å². The van der Waals surface area contributed by atoms with Crippen molar-refractivity contribution in [3.8, 4) is 0 Å². The minimum absolute atomic E-state index is 0.178. The Kier molecular flexibility index (Phi) is 3.38. The number of carbonyl (C=O) groups is 2. The monoisotopic (exact) mass is 250 g/mol. The minimum Gasteiger partial charge on any atom is -0.292 e. The van der Waals surface area contributed by atoms with Crippen molar-refractivity contribution in [2.24, 2.45) is 5.92 Å². The number of carbonyl (C=O) groups excluding carboxylic acids is 2. The smallest absolute Gasteiger partial charge is 0.292 e. The molecule has 1 N–H and O–H groups in total. The molecule has 1 saturated heterocycles. The van der Waals surface area contributed by atoms with Crippen LogP contribution >= 0.6 is 11.8 Å². The summed E-state index contributed by atoms with van der Waals surface area (Å²) in [6.07, 6.45) is 1.97. The van der Waals surface area contributed by atoms with E-state index in [1.807, 2.05) is 37.4 Å². The molecule has 1 aromatic carbocycles. The fourth-order valence-electron chi connectivity index (χ4n) is 1.80. The topological polar surface area (TPSA) is 49.4 Å². The van der Waals surface area contributed by atoms with Crippen LogP contribution in [0.4, 0.5) is 10.5 Å². The maximum Gasteiger partial charge on any atom is 0.328 e. The molecule has 1 atom stereocenters. The van der Waals surface area contributed by atoms with Crippen molar-refractivity contribution in [3.63, 3.8) is 0 Å². The third-order valence-electron chi connectivity index (χ3n) is 2.76. The first-order chi connectivity index (χ1) is 8.13. The van der Waals surface area contributed by atoms with Crippen molar-refractivity contribution < 1.29 is 9.59 Å². The van der Waals surface area contributed by atoms with E-state index < -0.39 is 0 Å². The van der Waals surface area contributed by atoms with Crippen molar-refractivity contribution in [1.82, 2.24) is 5.32 Å².